The molecular formula is C22H38O2Si2. The van der Waals surface area contributed by atoms with E-state index in [0.717, 1.165) is 13.2 Å². The van der Waals surface area contributed by atoms with Gasteiger partial charge in [-0.05, 0) is 50.0 Å². The molecule has 2 saturated heterocycles. The van der Waals surface area contributed by atoms with Gasteiger partial charge in [0.1, 0.15) is 8.07 Å². The summed E-state index contributed by atoms with van der Waals surface area (Å²) in [5.41, 5.74) is 1.99. The second-order valence-corrected chi connectivity index (χ2v) is 17.9. The van der Waals surface area contributed by atoms with Gasteiger partial charge in [0.15, 0.2) is 0 Å². The summed E-state index contributed by atoms with van der Waals surface area (Å²) in [5.74, 6) is 0.636. The molecule has 0 radical (unpaired) electrons. The molecule has 26 heavy (non-hydrogen) atoms. The average molecular weight is 391 g/mol. The molecule has 0 saturated carbocycles. The third-order valence-electron chi connectivity index (χ3n) is 7.25. The number of ether oxygens (including phenoxy) is 2. The third kappa shape index (κ3) is 4.03. The minimum Gasteiger partial charge on any atom is -0.382 e. The van der Waals surface area contributed by atoms with Crippen molar-refractivity contribution < 1.29 is 9.47 Å². The molecule has 1 aromatic rings. The molecule has 4 atom stereocenters. The zero-order chi connectivity index (χ0) is 18.6. The van der Waals surface area contributed by atoms with Crippen molar-refractivity contribution in [3.05, 3.63) is 35.9 Å². The Labute approximate surface area is 163 Å². The van der Waals surface area contributed by atoms with Gasteiger partial charge in [0.2, 0.25) is 0 Å². The first-order valence-corrected chi connectivity index (χ1v) is 16.4. The van der Waals surface area contributed by atoms with Gasteiger partial charge in [-0.3, -0.25) is 0 Å². The van der Waals surface area contributed by atoms with E-state index >= 15 is 0 Å². The smallest absolute Gasteiger partial charge is 0.114 e. The average Bonchev–Trinajstić information content (AvgIpc) is 2.69. The van der Waals surface area contributed by atoms with Crippen molar-refractivity contribution in [2.45, 2.75) is 87.6 Å². The Kier molecular flexibility index (Phi) is 6.81. The van der Waals surface area contributed by atoms with Crippen LogP contribution in [0.15, 0.2) is 30.3 Å². The first-order chi connectivity index (χ1) is 12.5. The molecular weight excluding hydrogens is 352 g/mol. The van der Waals surface area contributed by atoms with Gasteiger partial charge in [-0.2, -0.15) is 0 Å². The minimum atomic E-state index is -1.67. The maximum Gasteiger partial charge on any atom is 0.114 e. The summed E-state index contributed by atoms with van der Waals surface area (Å²) in [6.45, 7) is 12.1. The summed E-state index contributed by atoms with van der Waals surface area (Å²) in [6.07, 6.45) is 7.73. The maximum absolute atomic E-state index is 6.83. The second-order valence-electron chi connectivity index (χ2n) is 9.22. The summed E-state index contributed by atoms with van der Waals surface area (Å²) in [4.78, 5) is 0.205. The SMILES string of the molecule is CC(C[SiH](C)C1([Si](C)(C)C2CCCCO2)CCCCO1)c1ccccc1. The maximum atomic E-state index is 6.83. The van der Waals surface area contributed by atoms with Crippen LogP contribution in [-0.4, -0.2) is 40.7 Å². The van der Waals surface area contributed by atoms with E-state index in [1.165, 1.54) is 50.1 Å². The van der Waals surface area contributed by atoms with Crippen molar-refractivity contribution in [1.29, 1.82) is 0 Å². The van der Waals surface area contributed by atoms with Gasteiger partial charge < -0.3 is 9.47 Å². The standard InChI is InChI=1S/C22H38O2Si2/c1-19(20-12-6-5-7-13-20)18-25(2)22(15-9-11-17-24-22)26(3,4)21-14-8-10-16-23-21/h5-7,12-13,19,21,25H,8-11,14-18H2,1-4H3. The van der Waals surface area contributed by atoms with E-state index in [2.05, 4.69) is 56.9 Å². The van der Waals surface area contributed by atoms with Gasteiger partial charge in [0, 0.05) is 18.1 Å². The summed E-state index contributed by atoms with van der Waals surface area (Å²) in [6, 6.07) is 12.4. The van der Waals surface area contributed by atoms with Crippen molar-refractivity contribution in [3.63, 3.8) is 0 Å². The molecule has 2 nitrogen and oxygen atoms in total. The molecule has 3 rings (SSSR count). The van der Waals surface area contributed by atoms with Crippen LogP contribution in [-0.2, 0) is 9.47 Å². The Morgan fingerprint density at radius 3 is 2.46 bits per heavy atom. The monoisotopic (exact) mass is 390 g/mol. The molecule has 0 aromatic heterocycles. The van der Waals surface area contributed by atoms with E-state index in [9.17, 15) is 0 Å². The molecule has 2 heterocycles. The molecule has 4 unspecified atom stereocenters. The quantitative estimate of drug-likeness (QED) is 0.599. The molecule has 4 heteroatoms. The van der Waals surface area contributed by atoms with Crippen molar-refractivity contribution in [3.8, 4) is 0 Å². The van der Waals surface area contributed by atoms with E-state index in [4.69, 9.17) is 9.47 Å². The fourth-order valence-electron chi connectivity index (χ4n) is 5.57. The van der Waals surface area contributed by atoms with Crippen LogP contribution in [0.3, 0.4) is 0 Å². The van der Waals surface area contributed by atoms with Crippen LogP contribution in [0.4, 0.5) is 0 Å². The van der Waals surface area contributed by atoms with Gasteiger partial charge in [0.25, 0.3) is 0 Å². The van der Waals surface area contributed by atoms with E-state index < -0.39 is 16.9 Å². The van der Waals surface area contributed by atoms with Crippen molar-refractivity contribution in [2.24, 2.45) is 0 Å². The van der Waals surface area contributed by atoms with Crippen LogP contribution in [0.5, 0.6) is 0 Å². The molecule has 2 aliphatic heterocycles. The molecule has 146 valence electrons. The van der Waals surface area contributed by atoms with Crippen LogP contribution >= 0.6 is 0 Å². The summed E-state index contributed by atoms with van der Waals surface area (Å²) in [5, 5.41) is 0. The van der Waals surface area contributed by atoms with Crippen LogP contribution in [0.25, 0.3) is 0 Å². The molecule has 0 N–H and O–H groups in total. The highest BCUT2D eigenvalue weighted by Gasteiger charge is 2.56. The number of hydrogen-bond donors (Lipinski definition) is 0. The lowest BCUT2D eigenvalue weighted by Crippen LogP contribution is -2.71. The van der Waals surface area contributed by atoms with E-state index in [1.807, 2.05) is 0 Å². The first kappa shape index (κ1) is 20.3. The molecule has 0 spiro atoms. The normalized spacial score (nSPS) is 29.9. The highest BCUT2D eigenvalue weighted by atomic mass is 28.4. The van der Waals surface area contributed by atoms with Crippen LogP contribution in [0, 0.1) is 0 Å². The van der Waals surface area contributed by atoms with Crippen molar-refractivity contribution in [1.82, 2.24) is 0 Å². The lowest BCUT2D eigenvalue weighted by Gasteiger charge is -2.54. The third-order valence-corrected chi connectivity index (χ3v) is 19.1. The molecule has 1 aromatic carbocycles. The van der Waals surface area contributed by atoms with Crippen LogP contribution in [0.2, 0.25) is 25.7 Å². The Hall–Kier alpha value is -0.426. The second kappa shape index (κ2) is 8.72. The van der Waals surface area contributed by atoms with E-state index in [1.54, 1.807) is 0 Å². The van der Waals surface area contributed by atoms with Gasteiger partial charge in [-0.25, -0.2) is 0 Å². The molecule has 0 aliphatic carbocycles. The zero-order valence-electron chi connectivity index (χ0n) is 17.3. The molecule has 2 fully saturated rings. The predicted molar refractivity (Wildman–Crippen MR) is 116 cm³/mol. The van der Waals surface area contributed by atoms with Gasteiger partial charge >= 0.3 is 0 Å². The fourth-order valence-corrected chi connectivity index (χ4v) is 17.7. The Morgan fingerprint density at radius 2 is 1.85 bits per heavy atom. The number of benzene rings is 1. The Bertz CT molecular complexity index is 549. The number of hydrogen-bond acceptors (Lipinski definition) is 2. The summed E-state index contributed by atoms with van der Waals surface area (Å²) < 4.78 is 13.2. The lowest BCUT2D eigenvalue weighted by molar-refractivity contribution is 0.00507. The van der Waals surface area contributed by atoms with Gasteiger partial charge in [-0.15, -0.1) is 0 Å². The van der Waals surface area contributed by atoms with Gasteiger partial charge in [0.05, 0.1) is 14.5 Å². The molecule has 2 aliphatic rings. The molecule has 0 bridgehead atoms. The van der Waals surface area contributed by atoms with E-state index in [-0.39, 0.29) is 4.85 Å². The van der Waals surface area contributed by atoms with E-state index in [0.29, 0.717) is 11.6 Å². The van der Waals surface area contributed by atoms with Crippen LogP contribution < -0.4 is 0 Å². The topological polar surface area (TPSA) is 18.5 Å². The Balaban J connectivity index is 1.81. The zero-order valence-corrected chi connectivity index (χ0v) is 19.5. The highest BCUT2D eigenvalue weighted by molar-refractivity contribution is 6.93. The van der Waals surface area contributed by atoms with Crippen LogP contribution in [0.1, 0.15) is 56.9 Å². The summed E-state index contributed by atoms with van der Waals surface area (Å²) in [7, 11) is -2.75. The first-order valence-electron chi connectivity index (χ1n) is 10.8. The minimum absolute atomic E-state index is 0.205. The lowest BCUT2D eigenvalue weighted by atomic mass is 10.0. The summed E-state index contributed by atoms with van der Waals surface area (Å²) >= 11 is 0. The predicted octanol–water partition coefficient (Wildman–Crippen LogP) is 5.48. The largest absolute Gasteiger partial charge is 0.382 e. The van der Waals surface area contributed by atoms with Crippen molar-refractivity contribution in [2.75, 3.05) is 13.2 Å². The molecule has 0 amide bonds. The van der Waals surface area contributed by atoms with Crippen molar-refractivity contribution >= 4 is 16.9 Å². The van der Waals surface area contributed by atoms with Gasteiger partial charge in [-0.1, -0.05) is 62.9 Å². The Morgan fingerprint density at radius 1 is 1.12 bits per heavy atom. The number of rotatable bonds is 6. The fraction of sp³-hybridized carbons (Fsp3) is 0.727. The highest BCUT2D eigenvalue weighted by Crippen LogP contribution is 2.43.